The van der Waals surface area contributed by atoms with Crippen LogP contribution in [-0.2, 0) is 60.7 Å². The van der Waals surface area contributed by atoms with E-state index in [1.807, 2.05) is 0 Å². The number of nitrogens with zero attached hydrogens (tertiary/aromatic N) is 9. The van der Waals surface area contributed by atoms with Gasteiger partial charge in [0.25, 0.3) is 60.7 Å². The second kappa shape index (κ2) is 22.2. The molecule has 42 heteroatoms. The van der Waals surface area contributed by atoms with E-state index in [1.54, 1.807) is 0 Å². The zero-order valence-electron chi connectivity index (χ0n) is 39.5. The molecule has 34 nitrogen and oxygen atoms in total. The number of Topliss-reactive ketones (excluding diaryl/α,β-unsaturated/α-hetero) is 1. The molecule has 0 saturated carbocycles. The van der Waals surface area contributed by atoms with Crippen LogP contribution in [0, 0.1) is 0 Å². The Morgan fingerprint density at radius 3 is 1.46 bits per heavy atom. The fourth-order valence-electron chi connectivity index (χ4n) is 7.00. The van der Waals surface area contributed by atoms with Crippen molar-refractivity contribution in [2.24, 2.45) is 35.3 Å². The lowest BCUT2D eigenvalue weighted by Crippen LogP contribution is -2.28. The van der Waals surface area contributed by atoms with E-state index >= 15 is 0 Å². The first-order chi connectivity index (χ1) is 38.0. The van der Waals surface area contributed by atoms with Gasteiger partial charge in [-0.15, -0.1) is 10.2 Å². The van der Waals surface area contributed by atoms with Gasteiger partial charge in [-0.05, 0) is 114 Å². The summed E-state index contributed by atoms with van der Waals surface area (Å²) in [5, 5.41) is 10.3. The van der Waals surface area contributed by atoms with Gasteiger partial charge in [-0.2, -0.15) is 65.6 Å². The number of benzene rings is 5. The Balaban J connectivity index is 1.21. The lowest BCUT2D eigenvalue weighted by molar-refractivity contribution is 0.106. The topological polar surface area (TPSA) is 557 Å². The summed E-state index contributed by atoms with van der Waals surface area (Å²) in [5.74, 6) is -1.60. The highest BCUT2D eigenvalue weighted by Crippen LogP contribution is 2.42. The van der Waals surface area contributed by atoms with E-state index in [1.165, 1.54) is 24.3 Å². The van der Waals surface area contributed by atoms with Gasteiger partial charge in [-0.1, -0.05) is 12.1 Å². The number of hydrogen-bond donors (Lipinski definition) is 12. The van der Waals surface area contributed by atoms with Gasteiger partial charge < -0.3 is 15.7 Å². The number of halogens is 2. The van der Waals surface area contributed by atoms with Gasteiger partial charge in [0, 0.05) is 0 Å². The number of aromatic nitrogens is 6. The van der Waals surface area contributed by atoms with E-state index in [9.17, 15) is 82.6 Å². The smallest absolute Gasteiger partial charge is 0.296 e. The number of azo groups is 1. The fraction of sp³-hybridized carbons (Fsp3) is 0. The molecule has 13 N–H and O–H groups in total. The van der Waals surface area contributed by atoms with E-state index in [4.69, 9.17) is 28.9 Å². The largest absolute Gasteiger partial charge is 0.396 e. The number of fused-ring (bicyclic) bond motifs is 1. The quantitative estimate of drug-likeness (QED) is 0.0322. The molecule has 8 rings (SSSR count). The summed E-state index contributed by atoms with van der Waals surface area (Å²) >= 11 is 12.2. The summed E-state index contributed by atoms with van der Waals surface area (Å²) in [5.41, 5.74) is -0.161. The summed E-state index contributed by atoms with van der Waals surface area (Å²) in [6, 6.07) is 14.9. The normalized spacial score (nSPS) is 15.1. The summed E-state index contributed by atoms with van der Waals surface area (Å²) in [4.78, 5) is 43.2. The zero-order chi connectivity index (χ0) is 60.1. The van der Waals surface area contributed by atoms with E-state index in [0.29, 0.717) is 12.1 Å². The van der Waals surface area contributed by atoms with Gasteiger partial charge in [-0.25, -0.2) is 20.0 Å². The van der Waals surface area contributed by atoms with Gasteiger partial charge in [0.15, 0.2) is 5.71 Å². The number of anilines is 2. The van der Waals surface area contributed by atoms with Gasteiger partial charge in [0.2, 0.25) is 38.8 Å². The SMILES string of the molecule is Nc1c(N=Nc2cc(N=c3[nH]c(Cl)nc(=Nc4cccc(S(=O)(=O)O)c4)[nH]3)ccc2S(=O)(=O)O)c(S(=O)(=O)O)cc2c1C(=O)/C(=N\Nc1cc(N=c3[nH]c(Cl)nc(=Nc4cccc(S(=O)(=O)O)c4)[nH]3)ccc1S(=O)(=O)O)C(S(=O)(=O)O)=C2. The number of nitrogen functional groups attached to an aromatic ring is 1. The first-order valence-electron chi connectivity index (χ1n) is 21.2. The lowest BCUT2D eigenvalue weighted by atomic mass is 9.92. The first-order valence-corrected chi connectivity index (χ1v) is 30.6. The standard InChI is InChI=1S/C40H29Cl2N15O19S6/c41-35-48-37(44-18-3-1-5-22(13-18)77(59,60)61)52-39(50-35)46-20-7-9-26(79(65,66)67)24(15-20)54-56-32-28(81(71,72)73)11-17-12-29(82(74,75)76)33(34(58)30(17)31(32)43)57-55-25-16-21(8-10-27(25)80(68,69)70)47-40-51-36(42)49-38(53-40)45-19-4-2-6-23(14-19)78(62,63)64/h1-16,55H,43H2,(H,59,60,61)(H,62,63,64)(H,65,66,67)(H,68,69,70)(H,71,72,73)(H,74,75,76)(H2,44,46,48,50,52)(H2,45,47,49,51,53)/b56-54?,57-33-. The minimum absolute atomic E-state index is 0.0509. The van der Waals surface area contributed by atoms with Crippen molar-refractivity contribution in [3.8, 4) is 0 Å². The summed E-state index contributed by atoms with van der Waals surface area (Å²) in [7, 11) is -30.9. The molecule has 2 aromatic heterocycles. The molecule has 0 aliphatic heterocycles. The number of hydrogen-bond acceptors (Lipinski definition) is 24. The number of ketones is 1. The Morgan fingerprint density at radius 1 is 0.512 bits per heavy atom. The van der Waals surface area contributed by atoms with Crippen LogP contribution in [0.3, 0.4) is 0 Å². The van der Waals surface area contributed by atoms with E-state index in [-0.39, 0.29) is 55.8 Å². The number of carbonyl (C=O) groups excluding carboxylic acids is 1. The molecule has 0 spiro atoms. The van der Waals surface area contributed by atoms with Crippen LogP contribution in [0.5, 0.6) is 0 Å². The Bertz CT molecular complexity index is 5040. The van der Waals surface area contributed by atoms with Crippen LogP contribution in [0.2, 0.25) is 10.6 Å². The molecular formula is C40H29Cl2N15O19S6. The van der Waals surface area contributed by atoms with Crippen LogP contribution >= 0.6 is 23.2 Å². The molecule has 0 unspecified atom stereocenters. The predicted molar refractivity (Wildman–Crippen MR) is 282 cm³/mol. The maximum atomic E-state index is 14.4. The highest BCUT2D eigenvalue weighted by Gasteiger charge is 2.37. The van der Waals surface area contributed by atoms with Crippen molar-refractivity contribution >= 4 is 147 Å². The van der Waals surface area contributed by atoms with Crippen LogP contribution in [-0.4, -0.2) is 119 Å². The Labute approximate surface area is 467 Å². The summed E-state index contributed by atoms with van der Waals surface area (Å²) in [6.07, 6.45) is 0.449. The predicted octanol–water partition coefficient (Wildman–Crippen LogP) is 3.15. The molecule has 1 aliphatic rings. The average Bonchev–Trinajstić information content (AvgIpc) is 3.30. The van der Waals surface area contributed by atoms with Crippen LogP contribution in [0.25, 0.3) is 6.08 Å². The van der Waals surface area contributed by atoms with Crippen molar-refractivity contribution in [1.29, 1.82) is 0 Å². The highest BCUT2D eigenvalue weighted by atomic mass is 35.5. The number of nitrogens with two attached hydrogens (primary N) is 1. The Hall–Kier alpha value is -8.36. The lowest BCUT2D eigenvalue weighted by Gasteiger charge is -2.20. The van der Waals surface area contributed by atoms with Crippen molar-refractivity contribution < 1.29 is 82.6 Å². The number of H-pyrrole nitrogens is 4. The maximum Gasteiger partial charge on any atom is 0.296 e. The number of rotatable bonds is 14. The van der Waals surface area contributed by atoms with Gasteiger partial charge >= 0.3 is 0 Å². The molecule has 0 fully saturated rings. The minimum Gasteiger partial charge on any atom is -0.396 e. The number of hydrazone groups is 1. The summed E-state index contributed by atoms with van der Waals surface area (Å²) < 4.78 is 208. The minimum atomic E-state index is -5.60. The maximum absolute atomic E-state index is 14.4. The van der Waals surface area contributed by atoms with Gasteiger partial charge in [0.05, 0.1) is 49.5 Å². The molecule has 0 bridgehead atoms. The number of carbonyl (C=O) groups is 1. The number of aromatic amines is 4. The van der Waals surface area contributed by atoms with E-state index in [2.05, 4.69) is 70.6 Å². The number of nitrogens with one attached hydrogen (secondary N) is 5. The van der Waals surface area contributed by atoms with Crippen LogP contribution in [0.4, 0.5) is 45.5 Å². The number of allylic oxidation sites excluding steroid dienone is 1. The molecule has 0 atom stereocenters. The Morgan fingerprint density at radius 2 is 0.988 bits per heavy atom. The molecule has 1 aliphatic carbocycles. The molecular weight excluding hydrogens is 1260 g/mol. The zero-order valence-corrected chi connectivity index (χ0v) is 45.9. The van der Waals surface area contributed by atoms with Gasteiger partial charge in [-0.3, -0.25) is 47.5 Å². The van der Waals surface area contributed by atoms with Crippen LogP contribution in [0.15, 0.2) is 156 Å². The highest BCUT2D eigenvalue weighted by molar-refractivity contribution is 7.91. The van der Waals surface area contributed by atoms with E-state index in [0.717, 1.165) is 60.7 Å². The van der Waals surface area contributed by atoms with Crippen molar-refractivity contribution in [3.05, 3.63) is 140 Å². The van der Waals surface area contributed by atoms with Crippen molar-refractivity contribution in [2.45, 2.75) is 24.5 Å². The molecule has 82 heavy (non-hydrogen) atoms. The van der Waals surface area contributed by atoms with Crippen molar-refractivity contribution in [2.75, 3.05) is 11.2 Å². The second-order valence-corrected chi connectivity index (χ2v) is 25.1. The van der Waals surface area contributed by atoms with E-state index < -0.39 is 135 Å². The Kier molecular flexibility index (Phi) is 16.2. The molecule has 428 valence electrons. The molecule has 5 aromatic carbocycles. The monoisotopic (exact) mass is 1280 g/mol. The van der Waals surface area contributed by atoms with Crippen molar-refractivity contribution in [3.63, 3.8) is 0 Å². The second-order valence-electron chi connectivity index (χ2n) is 16.0. The van der Waals surface area contributed by atoms with Crippen LogP contribution < -0.4 is 33.6 Å². The molecule has 2 heterocycles. The third kappa shape index (κ3) is 14.0. The summed E-state index contributed by atoms with van der Waals surface area (Å²) in [6.45, 7) is 0. The first kappa shape index (κ1) is 59.8. The van der Waals surface area contributed by atoms with Crippen LogP contribution in [0.1, 0.15) is 15.9 Å². The fourth-order valence-corrected chi connectivity index (χ4v) is 10.9. The molecule has 0 amide bonds. The third-order valence-corrected chi connectivity index (χ3v) is 16.0. The van der Waals surface area contributed by atoms with Gasteiger partial charge in [0.1, 0.15) is 31.0 Å². The average molecular weight is 1290 g/mol. The third-order valence-electron chi connectivity index (χ3n) is 10.4. The molecule has 0 radical (unpaired) electrons. The molecule has 0 saturated heterocycles. The van der Waals surface area contributed by atoms with Crippen molar-refractivity contribution in [1.82, 2.24) is 29.9 Å². The molecule has 7 aromatic rings.